The Morgan fingerprint density at radius 1 is 0.522 bits per heavy atom. The van der Waals surface area contributed by atoms with E-state index in [-0.39, 0.29) is 16.2 Å². The highest BCUT2D eigenvalue weighted by atomic mass is 14.5. The first-order valence-corrected chi connectivity index (χ1v) is 18.8. The maximum Gasteiger partial charge on any atom is 0.0463 e. The van der Waals surface area contributed by atoms with Gasteiger partial charge >= 0.3 is 0 Å². The Morgan fingerprint density at radius 2 is 1.04 bits per heavy atom. The van der Waals surface area contributed by atoms with E-state index < -0.39 is 0 Å². The minimum atomic E-state index is -0.109. The number of rotatable bonds is 13. The molecule has 0 saturated carbocycles. The van der Waals surface area contributed by atoms with E-state index >= 15 is 0 Å². The lowest BCUT2D eigenvalue weighted by Crippen LogP contribution is -2.30. The standard InChI is InChI=1S/C46H56/c1-7-44(5,8-2)37-23-25-40-41-26-24-38(45(6,9-3)10-4)31-43(41)46(42(40)30-37,39-22-21-34-18-20-36(34)29-39)27-13-11-12-14-32-15-16-33-17-19-35(33)28-32/h15-16,21-26,28-31H,7-14,17-20,27H2,1-6H3. The van der Waals surface area contributed by atoms with Crippen molar-refractivity contribution in [1.29, 1.82) is 0 Å². The van der Waals surface area contributed by atoms with Crippen molar-refractivity contribution in [3.63, 3.8) is 0 Å². The molecule has 4 aromatic rings. The van der Waals surface area contributed by atoms with Crippen LogP contribution < -0.4 is 0 Å². The zero-order valence-electron chi connectivity index (χ0n) is 29.6. The van der Waals surface area contributed by atoms with Gasteiger partial charge in [0, 0.05) is 5.41 Å². The Kier molecular flexibility index (Phi) is 8.32. The van der Waals surface area contributed by atoms with Gasteiger partial charge in [0.1, 0.15) is 0 Å². The van der Waals surface area contributed by atoms with Gasteiger partial charge in [0.05, 0.1) is 0 Å². The van der Waals surface area contributed by atoms with Gasteiger partial charge in [0.25, 0.3) is 0 Å². The fourth-order valence-corrected chi connectivity index (χ4v) is 8.96. The molecule has 46 heavy (non-hydrogen) atoms. The lowest BCUT2D eigenvalue weighted by atomic mass is 9.66. The summed E-state index contributed by atoms with van der Waals surface area (Å²) in [6.07, 6.45) is 15.9. The van der Waals surface area contributed by atoms with E-state index in [1.165, 1.54) is 111 Å². The summed E-state index contributed by atoms with van der Waals surface area (Å²) < 4.78 is 0. The number of fused-ring (bicyclic) bond motifs is 5. The highest BCUT2D eigenvalue weighted by Gasteiger charge is 2.46. The lowest BCUT2D eigenvalue weighted by Gasteiger charge is -2.37. The summed E-state index contributed by atoms with van der Waals surface area (Å²) in [5.41, 5.74) is 18.8. The Hall–Kier alpha value is -3.12. The van der Waals surface area contributed by atoms with Crippen molar-refractivity contribution in [2.24, 2.45) is 0 Å². The van der Waals surface area contributed by atoms with E-state index in [1.807, 2.05) is 0 Å². The average molecular weight is 609 g/mol. The van der Waals surface area contributed by atoms with E-state index in [0.29, 0.717) is 0 Å². The van der Waals surface area contributed by atoms with Crippen molar-refractivity contribution < 1.29 is 0 Å². The summed E-state index contributed by atoms with van der Waals surface area (Å²) in [7, 11) is 0. The number of hydrogen-bond donors (Lipinski definition) is 0. The van der Waals surface area contributed by atoms with Gasteiger partial charge in [-0.3, -0.25) is 0 Å². The molecule has 4 aromatic carbocycles. The molecule has 0 bridgehead atoms. The van der Waals surface area contributed by atoms with Gasteiger partial charge in [-0.1, -0.05) is 127 Å². The number of aryl methyl sites for hydroxylation is 5. The molecule has 240 valence electrons. The summed E-state index contributed by atoms with van der Waals surface area (Å²) in [6, 6.07) is 30.2. The van der Waals surface area contributed by atoms with Crippen LogP contribution in [0.5, 0.6) is 0 Å². The summed E-state index contributed by atoms with van der Waals surface area (Å²) in [6.45, 7) is 14.4. The molecule has 0 aromatic heterocycles. The SMILES string of the molecule is CCC(C)(CC)c1ccc2c(c1)C(CCCCCc1ccc3c(c1)CC3)(c1ccc3c(c1)CC3)c1cc(C(C)(CC)CC)ccc1-2. The van der Waals surface area contributed by atoms with Crippen LogP contribution in [0.3, 0.4) is 0 Å². The van der Waals surface area contributed by atoms with E-state index in [4.69, 9.17) is 0 Å². The second kappa shape index (κ2) is 12.2. The summed E-state index contributed by atoms with van der Waals surface area (Å²) >= 11 is 0. The minimum Gasteiger partial charge on any atom is -0.0645 e. The van der Waals surface area contributed by atoms with Gasteiger partial charge in [-0.15, -0.1) is 0 Å². The molecule has 3 aliphatic carbocycles. The molecule has 0 unspecified atom stereocenters. The van der Waals surface area contributed by atoms with Gasteiger partial charge in [-0.2, -0.15) is 0 Å². The normalized spacial score (nSPS) is 15.8. The van der Waals surface area contributed by atoms with Gasteiger partial charge in [0.15, 0.2) is 0 Å². The van der Waals surface area contributed by atoms with Crippen LogP contribution in [-0.2, 0) is 48.3 Å². The zero-order chi connectivity index (χ0) is 32.1. The Morgan fingerprint density at radius 3 is 1.52 bits per heavy atom. The second-order valence-electron chi connectivity index (χ2n) is 15.6. The van der Waals surface area contributed by atoms with E-state index in [2.05, 4.69) is 114 Å². The van der Waals surface area contributed by atoms with E-state index in [1.54, 1.807) is 38.9 Å². The van der Waals surface area contributed by atoms with Crippen molar-refractivity contribution in [2.45, 2.75) is 141 Å². The number of benzene rings is 4. The molecule has 0 spiro atoms. The zero-order valence-corrected chi connectivity index (χ0v) is 29.6. The van der Waals surface area contributed by atoms with Crippen molar-refractivity contribution >= 4 is 0 Å². The molecule has 0 heterocycles. The molecule has 0 amide bonds. The maximum absolute atomic E-state index is 2.67. The predicted octanol–water partition coefficient (Wildman–Crippen LogP) is 12.2. The first kappa shape index (κ1) is 31.5. The fraction of sp³-hybridized carbons (Fsp3) is 0.478. The maximum atomic E-state index is 2.67. The lowest BCUT2D eigenvalue weighted by molar-refractivity contribution is 0.435. The van der Waals surface area contributed by atoms with Crippen LogP contribution in [0.4, 0.5) is 0 Å². The third-order valence-corrected chi connectivity index (χ3v) is 13.6. The second-order valence-corrected chi connectivity index (χ2v) is 15.6. The van der Waals surface area contributed by atoms with Crippen LogP contribution in [0, 0.1) is 0 Å². The molecular weight excluding hydrogens is 553 g/mol. The van der Waals surface area contributed by atoms with Crippen molar-refractivity contribution in [3.8, 4) is 11.1 Å². The van der Waals surface area contributed by atoms with Gasteiger partial charge in [-0.05, 0) is 148 Å². The van der Waals surface area contributed by atoms with Crippen LogP contribution in [-0.4, -0.2) is 0 Å². The molecule has 0 fully saturated rings. The summed E-state index contributed by atoms with van der Waals surface area (Å²) in [5, 5.41) is 0. The molecule has 0 nitrogen and oxygen atoms in total. The summed E-state index contributed by atoms with van der Waals surface area (Å²) in [4.78, 5) is 0. The van der Waals surface area contributed by atoms with E-state index in [0.717, 1.165) is 0 Å². The van der Waals surface area contributed by atoms with Gasteiger partial charge < -0.3 is 0 Å². The average Bonchev–Trinajstić information content (AvgIpc) is 3.34. The third-order valence-electron chi connectivity index (χ3n) is 13.6. The first-order chi connectivity index (χ1) is 22.3. The fourth-order valence-electron chi connectivity index (χ4n) is 8.96. The van der Waals surface area contributed by atoms with Crippen LogP contribution in [0.15, 0.2) is 72.8 Å². The van der Waals surface area contributed by atoms with Crippen LogP contribution in [0.1, 0.15) is 149 Å². The molecule has 0 aliphatic heterocycles. The quantitative estimate of drug-likeness (QED) is 0.132. The molecule has 0 heteroatoms. The van der Waals surface area contributed by atoms with Crippen LogP contribution >= 0.6 is 0 Å². The van der Waals surface area contributed by atoms with Crippen LogP contribution in [0.2, 0.25) is 0 Å². The molecular formula is C46H56. The molecule has 0 atom stereocenters. The Bertz CT molecular complexity index is 1670. The van der Waals surface area contributed by atoms with Gasteiger partial charge in [-0.25, -0.2) is 0 Å². The molecule has 0 saturated heterocycles. The molecule has 3 aliphatic rings. The monoisotopic (exact) mass is 608 g/mol. The predicted molar refractivity (Wildman–Crippen MR) is 197 cm³/mol. The minimum absolute atomic E-state index is 0.109. The van der Waals surface area contributed by atoms with Crippen molar-refractivity contribution in [1.82, 2.24) is 0 Å². The summed E-state index contributed by atoms with van der Waals surface area (Å²) in [5.74, 6) is 0. The molecule has 7 rings (SSSR count). The van der Waals surface area contributed by atoms with E-state index in [9.17, 15) is 0 Å². The highest BCUT2D eigenvalue weighted by Crippen LogP contribution is 2.57. The van der Waals surface area contributed by atoms with Crippen molar-refractivity contribution in [2.75, 3.05) is 0 Å². The topological polar surface area (TPSA) is 0 Å². The van der Waals surface area contributed by atoms with Gasteiger partial charge in [0.2, 0.25) is 0 Å². The smallest absolute Gasteiger partial charge is 0.0463 e. The Balaban J connectivity index is 1.33. The largest absolute Gasteiger partial charge is 0.0645 e. The molecule has 0 N–H and O–H groups in total. The molecule has 0 radical (unpaired) electrons. The first-order valence-electron chi connectivity index (χ1n) is 18.8. The number of hydrogen-bond acceptors (Lipinski definition) is 0. The Labute approximate surface area is 280 Å². The van der Waals surface area contributed by atoms with Crippen molar-refractivity contribution in [3.05, 3.63) is 128 Å². The number of unbranched alkanes of at least 4 members (excludes halogenated alkanes) is 2. The van der Waals surface area contributed by atoms with Crippen LogP contribution in [0.25, 0.3) is 11.1 Å². The third kappa shape index (κ3) is 5.01. The highest BCUT2D eigenvalue weighted by molar-refractivity contribution is 5.84.